The Bertz CT molecular complexity index is 2360. The number of likely N-dealkylation sites (tertiary alicyclic amines) is 1. The number of pyridine rings is 2. The third-order valence-electron chi connectivity index (χ3n) is 11.2. The Balaban J connectivity index is 1.18. The molecule has 2 fully saturated rings. The molecule has 4 N–H and O–H groups in total. The number of oxazole rings is 1. The van der Waals surface area contributed by atoms with E-state index in [0.717, 1.165) is 34.1 Å². The molecule has 12 nitrogen and oxygen atoms in total. The molecule has 2 saturated heterocycles. The zero-order valence-corrected chi connectivity index (χ0v) is 31.1. The van der Waals surface area contributed by atoms with Crippen LogP contribution in [0.25, 0.3) is 27.6 Å². The Morgan fingerprint density at radius 1 is 1.18 bits per heavy atom. The van der Waals surface area contributed by atoms with Crippen LogP contribution in [0.5, 0.6) is 5.75 Å². The number of nitrogens with one attached hydrogen (secondary N) is 3. The van der Waals surface area contributed by atoms with Gasteiger partial charge in [0.05, 0.1) is 0 Å². The predicted octanol–water partition coefficient (Wildman–Crippen LogP) is 6.69. The number of nitrogens with zero attached hydrogens (tertiary/aromatic N) is 4. The van der Waals surface area contributed by atoms with Crippen LogP contribution in [0.4, 0.5) is 14.6 Å². The maximum Gasteiger partial charge on any atom is 0.387 e. The number of halogens is 2. The Hall–Kier alpha value is -5.73. The number of aromatic nitrogens is 3. The van der Waals surface area contributed by atoms with Crippen LogP contribution >= 0.6 is 0 Å². The summed E-state index contributed by atoms with van der Waals surface area (Å²) >= 11 is 0. The smallest absolute Gasteiger partial charge is 0.387 e. The van der Waals surface area contributed by atoms with Crippen molar-refractivity contribution in [3.8, 4) is 5.75 Å². The van der Waals surface area contributed by atoms with Crippen molar-refractivity contribution in [2.24, 2.45) is 5.92 Å². The minimum absolute atomic E-state index is 0.0828. The molecule has 5 aromatic rings. The average Bonchev–Trinajstić information content (AvgIpc) is 3.93. The topological polar surface area (TPSA) is 155 Å². The lowest BCUT2D eigenvalue weighted by molar-refractivity contribution is -0.142. The highest BCUT2D eigenvalue weighted by molar-refractivity contribution is 5.89. The van der Waals surface area contributed by atoms with Crippen LogP contribution in [0, 0.1) is 12.8 Å². The molecule has 4 atom stereocenters. The van der Waals surface area contributed by atoms with E-state index >= 15 is 0 Å². The molecule has 0 radical (unpaired) electrons. The Morgan fingerprint density at radius 3 is 2.82 bits per heavy atom. The molecule has 3 unspecified atom stereocenters. The molecule has 2 aliphatic heterocycles. The van der Waals surface area contributed by atoms with Crippen LogP contribution in [-0.2, 0) is 28.2 Å². The maximum absolute atomic E-state index is 13.8. The number of alkyl halides is 2. The number of carboxylic acids is 1. The molecule has 1 amide bonds. The van der Waals surface area contributed by atoms with Gasteiger partial charge in [-0.1, -0.05) is 43.3 Å². The van der Waals surface area contributed by atoms with Crippen molar-refractivity contribution in [1.29, 1.82) is 0 Å². The van der Waals surface area contributed by atoms with E-state index in [1.165, 1.54) is 6.07 Å². The largest absolute Gasteiger partial charge is 0.480 e. The first-order chi connectivity index (χ1) is 27.1. The average molecular weight is 764 g/mol. The first-order valence-corrected chi connectivity index (χ1v) is 18.9. The monoisotopic (exact) mass is 763 g/mol. The fourth-order valence-electron chi connectivity index (χ4n) is 8.25. The van der Waals surface area contributed by atoms with Gasteiger partial charge in [-0.2, -0.15) is 8.78 Å². The second-order valence-electron chi connectivity index (χ2n) is 14.8. The third kappa shape index (κ3) is 7.33. The van der Waals surface area contributed by atoms with Crippen molar-refractivity contribution in [3.63, 3.8) is 0 Å². The molecule has 0 saturated carbocycles. The number of aryl methyl sites for hydroxylation is 1. The van der Waals surface area contributed by atoms with Crippen LogP contribution in [-0.4, -0.2) is 68.6 Å². The van der Waals surface area contributed by atoms with Gasteiger partial charge in [-0.15, -0.1) is 0 Å². The molecule has 14 heteroatoms. The van der Waals surface area contributed by atoms with Gasteiger partial charge in [-0.3, -0.25) is 19.5 Å². The van der Waals surface area contributed by atoms with E-state index in [-0.39, 0.29) is 41.6 Å². The highest BCUT2D eigenvalue weighted by Crippen LogP contribution is 2.46. The number of allylic oxidation sites excluding steroid dienone is 2. The van der Waals surface area contributed by atoms with Crippen LogP contribution in [0.1, 0.15) is 60.8 Å². The van der Waals surface area contributed by atoms with Crippen molar-refractivity contribution in [3.05, 3.63) is 107 Å². The van der Waals surface area contributed by atoms with Gasteiger partial charge in [0.2, 0.25) is 11.8 Å². The first kappa shape index (κ1) is 37.2. The number of ether oxygens (including phenoxy) is 1. The van der Waals surface area contributed by atoms with Crippen LogP contribution in [0.2, 0.25) is 0 Å². The van der Waals surface area contributed by atoms with E-state index in [4.69, 9.17) is 24.1 Å². The summed E-state index contributed by atoms with van der Waals surface area (Å²) in [5, 5.41) is 20.7. The Morgan fingerprint density at radius 2 is 2.04 bits per heavy atom. The number of carbonyl (C=O) groups excluding carboxylic acids is 1. The van der Waals surface area contributed by atoms with Crippen molar-refractivity contribution in [1.82, 2.24) is 30.5 Å². The maximum atomic E-state index is 13.8. The molecule has 56 heavy (non-hydrogen) atoms. The van der Waals surface area contributed by atoms with E-state index in [1.54, 1.807) is 17.2 Å². The lowest BCUT2D eigenvalue weighted by atomic mass is 9.73. The highest BCUT2D eigenvalue weighted by atomic mass is 19.3. The Kier molecular flexibility index (Phi) is 10.2. The fraction of sp³-hybridized carbons (Fsp3) is 0.357. The van der Waals surface area contributed by atoms with Gasteiger partial charge in [0, 0.05) is 67.4 Å². The molecular formula is C42H43F2N7O5. The van der Waals surface area contributed by atoms with Crippen molar-refractivity contribution < 1.29 is 32.6 Å². The van der Waals surface area contributed by atoms with E-state index in [9.17, 15) is 23.5 Å². The van der Waals surface area contributed by atoms with Crippen molar-refractivity contribution >= 4 is 45.3 Å². The second-order valence-corrected chi connectivity index (χ2v) is 14.8. The predicted molar refractivity (Wildman–Crippen MR) is 207 cm³/mol. The zero-order valence-electron chi connectivity index (χ0n) is 31.1. The van der Waals surface area contributed by atoms with Crippen LogP contribution in [0.3, 0.4) is 0 Å². The standard InChI is InChI=1S/C42H43F2N7O5/c1-24-7-3-4-8-30(24)31-9-5-14-42(25(31)2,50-38-37-27(13-15-46-38)17-26(21-47-37)20-45-22-29-11-12-36(52)48-29)40-49-32-18-28(23-51-16-6-10-33(51)39(53)54)34(56-41(43)44)19-35(32)55-40/h3-5,7-9,13-15,17-19,21,25,29,33,41,45H,6,10-12,16,20,22-23H2,1-2H3,(H,46,50)(H,48,52)(H,53,54)/t25?,29?,33-,42?/m0/s1. The van der Waals surface area contributed by atoms with Crippen molar-refractivity contribution in [2.45, 2.75) is 76.9 Å². The van der Waals surface area contributed by atoms with Gasteiger partial charge in [0.15, 0.2) is 11.4 Å². The number of carbonyl (C=O) groups is 2. The van der Waals surface area contributed by atoms with Gasteiger partial charge in [-0.25, -0.2) is 9.97 Å². The molecule has 290 valence electrons. The summed E-state index contributed by atoms with van der Waals surface area (Å²) in [7, 11) is 0. The van der Waals surface area contributed by atoms with Gasteiger partial charge < -0.3 is 30.2 Å². The molecule has 8 rings (SSSR count). The number of hydrogen-bond acceptors (Lipinski definition) is 10. The highest BCUT2D eigenvalue weighted by Gasteiger charge is 2.45. The first-order valence-electron chi connectivity index (χ1n) is 18.9. The van der Waals surface area contributed by atoms with E-state index in [2.05, 4.69) is 54.1 Å². The summed E-state index contributed by atoms with van der Waals surface area (Å²) in [5.41, 5.74) is 4.69. The van der Waals surface area contributed by atoms with Gasteiger partial charge in [0.25, 0.3) is 0 Å². The van der Waals surface area contributed by atoms with Crippen LogP contribution < -0.4 is 20.7 Å². The molecule has 1 aliphatic carbocycles. The zero-order chi connectivity index (χ0) is 39.0. The number of fused-ring (bicyclic) bond motifs is 2. The number of benzene rings is 2. The summed E-state index contributed by atoms with van der Waals surface area (Å²) in [5.74, 6) is -0.489. The molecule has 2 aromatic carbocycles. The second kappa shape index (κ2) is 15.4. The lowest BCUT2D eigenvalue weighted by Crippen LogP contribution is -2.42. The molecular weight excluding hydrogens is 721 g/mol. The van der Waals surface area contributed by atoms with Gasteiger partial charge >= 0.3 is 12.6 Å². The SMILES string of the molecule is Cc1ccccc1C1=CC=CC(Nc2nccc3cc(CNCC4CCC(=O)N4)cnc23)(c2nc3cc(CN4CCC[C@H]4C(=O)O)c(OC(F)F)cc3o2)C1C. The number of carboxylic acid groups (broad SMARTS) is 1. The van der Waals surface area contributed by atoms with Crippen LogP contribution in [0.15, 0.2) is 83.6 Å². The molecule has 0 spiro atoms. The van der Waals surface area contributed by atoms with Crippen molar-refractivity contribution in [2.75, 3.05) is 18.4 Å². The lowest BCUT2D eigenvalue weighted by Gasteiger charge is -2.39. The molecule has 3 aliphatic rings. The number of rotatable bonds is 13. The molecule has 5 heterocycles. The summed E-state index contributed by atoms with van der Waals surface area (Å²) in [6.45, 7) is 2.89. The number of anilines is 1. The van der Waals surface area contributed by atoms with E-state index < -0.39 is 24.2 Å². The minimum Gasteiger partial charge on any atom is -0.480 e. The molecule has 3 aromatic heterocycles. The van der Waals surface area contributed by atoms with E-state index in [0.29, 0.717) is 61.3 Å². The summed E-state index contributed by atoms with van der Waals surface area (Å²) in [6.07, 6.45) is 12.1. The number of aliphatic carboxylic acids is 1. The van der Waals surface area contributed by atoms with E-state index in [1.807, 2.05) is 36.5 Å². The quantitative estimate of drug-likeness (QED) is 0.101. The number of hydrogen-bond donors (Lipinski definition) is 4. The minimum atomic E-state index is -3.10. The summed E-state index contributed by atoms with van der Waals surface area (Å²) in [6, 6.07) is 14.5. The normalized spacial score (nSPS) is 22.6. The number of amides is 1. The molecule has 0 bridgehead atoms. The Labute approximate surface area is 322 Å². The van der Waals surface area contributed by atoms with Gasteiger partial charge in [-0.05, 0) is 79.3 Å². The summed E-state index contributed by atoms with van der Waals surface area (Å²) < 4.78 is 39.0. The van der Waals surface area contributed by atoms with Gasteiger partial charge in [0.1, 0.15) is 28.4 Å². The third-order valence-corrected chi connectivity index (χ3v) is 11.2. The fourth-order valence-corrected chi connectivity index (χ4v) is 8.25. The summed E-state index contributed by atoms with van der Waals surface area (Å²) in [4.78, 5) is 39.9.